The van der Waals surface area contributed by atoms with Crippen LogP contribution in [0.4, 0.5) is 0 Å². The summed E-state index contributed by atoms with van der Waals surface area (Å²) in [5, 5.41) is 14.8. The number of amidine groups is 1. The Hall–Kier alpha value is -2.20. The summed E-state index contributed by atoms with van der Waals surface area (Å²) in [6, 6.07) is 6.86. The molecule has 6 heteroatoms. The Balaban J connectivity index is 3.16. The van der Waals surface area contributed by atoms with Gasteiger partial charge in [-0.1, -0.05) is 17.3 Å². The number of para-hydroxylation sites is 1. The molecule has 0 fully saturated rings. The average molecular weight is 206 g/mol. The molecule has 0 saturated carbocycles. The van der Waals surface area contributed by atoms with Crippen molar-refractivity contribution in [3.63, 3.8) is 0 Å². The minimum Gasteiger partial charge on any atom is -0.493 e. The number of hydrogen-bond donors (Lipinski definition) is 1. The van der Waals surface area contributed by atoms with Crippen molar-refractivity contribution in [3.05, 3.63) is 40.3 Å². The van der Waals surface area contributed by atoms with E-state index in [9.17, 15) is 0 Å². The second-order valence-corrected chi connectivity index (χ2v) is 2.54. The number of hydrogen-bond acceptors (Lipinski definition) is 3. The molecule has 1 rings (SSSR count). The van der Waals surface area contributed by atoms with Crippen LogP contribution in [-0.4, -0.2) is 17.6 Å². The molecule has 0 aliphatic carbocycles. The molecule has 1 N–H and O–H groups in total. The molecule has 0 bridgehead atoms. The summed E-state index contributed by atoms with van der Waals surface area (Å²) in [5.41, 5.74) is 8.73. The second kappa shape index (κ2) is 5.51. The smallest absolute Gasteiger partial charge is 0.176 e. The van der Waals surface area contributed by atoms with Gasteiger partial charge in [-0.25, -0.2) is 0 Å². The third-order valence-electron chi connectivity index (χ3n) is 1.66. The van der Waals surface area contributed by atoms with Gasteiger partial charge in [-0.2, -0.15) is 0 Å². The van der Waals surface area contributed by atoms with E-state index in [0.717, 1.165) is 0 Å². The Morgan fingerprint density at radius 3 is 2.87 bits per heavy atom. The first-order valence-electron chi connectivity index (χ1n) is 4.32. The summed E-state index contributed by atoms with van der Waals surface area (Å²) < 4.78 is 5.29. The van der Waals surface area contributed by atoms with Crippen LogP contribution in [0.1, 0.15) is 12.5 Å². The van der Waals surface area contributed by atoms with Crippen molar-refractivity contribution in [3.8, 4) is 5.75 Å². The first kappa shape index (κ1) is 10.9. The van der Waals surface area contributed by atoms with Gasteiger partial charge in [0.2, 0.25) is 0 Å². The van der Waals surface area contributed by atoms with Crippen LogP contribution in [0.25, 0.3) is 10.4 Å². The van der Waals surface area contributed by atoms with Gasteiger partial charge in [0.15, 0.2) is 5.84 Å². The van der Waals surface area contributed by atoms with E-state index >= 15 is 0 Å². The topological polar surface area (TPSA) is 90.6 Å². The molecule has 0 heterocycles. The van der Waals surface area contributed by atoms with Crippen LogP contribution < -0.4 is 4.74 Å². The fraction of sp³-hybridized carbons (Fsp3) is 0.222. The highest BCUT2D eigenvalue weighted by Crippen LogP contribution is 2.19. The number of nitrogens with zero attached hydrogens (tertiary/aromatic N) is 4. The lowest BCUT2D eigenvalue weighted by Gasteiger charge is -2.07. The lowest BCUT2D eigenvalue weighted by Crippen LogP contribution is -2.02. The normalized spacial score (nSPS) is 10.6. The van der Waals surface area contributed by atoms with Crippen molar-refractivity contribution in [1.82, 2.24) is 0 Å². The van der Waals surface area contributed by atoms with Gasteiger partial charge in [0.05, 0.1) is 6.61 Å². The SMILES string of the molecule is CCOc1ccccc1/C(N=[N+]=[N-])=N/O. The lowest BCUT2D eigenvalue weighted by molar-refractivity contribution is 0.317. The van der Waals surface area contributed by atoms with Gasteiger partial charge < -0.3 is 9.94 Å². The maximum absolute atomic E-state index is 8.67. The van der Waals surface area contributed by atoms with E-state index in [0.29, 0.717) is 17.9 Å². The van der Waals surface area contributed by atoms with Crippen LogP contribution in [-0.2, 0) is 0 Å². The summed E-state index contributed by atoms with van der Waals surface area (Å²) in [6.45, 7) is 2.31. The van der Waals surface area contributed by atoms with Crippen molar-refractivity contribution in [1.29, 1.82) is 0 Å². The van der Waals surface area contributed by atoms with Crippen molar-refractivity contribution < 1.29 is 9.94 Å². The molecule has 0 amide bonds. The zero-order valence-corrected chi connectivity index (χ0v) is 8.16. The van der Waals surface area contributed by atoms with E-state index in [-0.39, 0.29) is 5.84 Å². The molecule has 0 aliphatic rings. The van der Waals surface area contributed by atoms with E-state index in [2.05, 4.69) is 15.2 Å². The van der Waals surface area contributed by atoms with E-state index in [1.165, 1.54) is 0 Å². The molecule has 78 valence electrons. The predicted molar refractivity (Wildman–Crippen MR) is 55.1 cm³/mol. The maximum Gasteiger partial charge on any atom is 0.176 e. The van der Waals surface area contributed by atoms with Gasteiger partial charge >= 0.3 is 0 Å². The van der Waals surface area contributed by atoms with E-state index in [4.69, 9.17) is 15.5 Å². The second-order valence-electron chi connectivity index (χ2n) is 2.54. The molecule has 0 radical (unpaired) electrons. The van der Waals surface area contributed by atoms with E-state index in [1.54, 1.807) is 24.3 Å². The van der Waals surface area contributed by atoms with Crippen LogP contribution in [0, 0.1) is 0 Å². The van der Waals surface area contributed by atoms with Crippen LogP contribution in [0.15, 0.2) is 34.5 Å². The van der Waals surface area contributed by atoms with Gasteiger partial charge in [-0.15, -0.1) is 0 Å². The largest absolute Gasteiger partial charge is 0.493 e. The minimum absolute atomic E-state index is 0.110. The molecule has 0 saturated heterocycles. The fourth-order valence-electron chi connectivity index (χ4n) is 1.10. The summed E-state index contributed by atoms with van der Waals surface area (Å²) in [5.74, 6) is 0.404. The Morgan fingerprint density at radius 1 is 1.53 bits per heavy atom. The monoisotopic (exact) mass is 206 g/mol. The summed E-state index contributed by atoms with van der Waals surface area (Å²) >= 11 is 0. The summed E-state index contributed by atoms with van der Waals surface area (Å²) in [6.07, 6.45) is 0. The zero-order chi connectivity index (χ0) is 11.1. The average Bonchev–Trinajstić information content (AvgIpc) is 2.27. The van der Waals surface area contributed by atoms with Crippen molar-refractivity contribution in [2.24, 2.45) is 10.3 Å². The predicted octanol–water partition coefficient (Wildman–Crippen LogP) is 2.53. The highest BCUT2D eigenvalue weighted by atomic mass is 16.5. The molecule has 0 aliphatic heterocycles. The van der Waals surface area contributed by atoms with Crippen molar-refractivity contribution >= 4 is 5.84 Å². The van der Waals surface area contributed by atoms with Gasteiger partial charge in [0.25, 0.3) is 0 Å². The van der Waals surface area contributed by atoms with Crippen LogP contribution in [0.3, 0.4) is 0 Å². The molecule has 0 unspecified atom stereocenters. The first-order chi connectivity index (χ1) is 7.33. The molecule has 0 spiro atoms. The van der Waals surface area contributed by atoms with E-state index in [1.807, 2.05) is 6.92 Å². The zero-order valence-electron chi connectivity index (χ0n) is 8.16. The summed E-state index contributed by atoms with van der Waals surface area (Å²) in [4.78, 5) is 2.56. The highest BCUT2D eigenvalue weighted by molar-refractivity contribution is 6.01. The molecule has 6 nitrogen and oxygen atoms in total. The quantitative estimate of drug-likeness (QED) is 0.156. The van der Waals surface area contributed by atoms with Crippen LogP contribution in [0.5, 0.6) is 5.75 Å². The van der Waals surface area contributed by atoms with E-state index < -0.39 is 0 Å². The Bertz CT molecular complexity index is 410. The summed E-state index contributed by atoms with van der Waals surface area (Å²) in [7, 11) is 0. The minimum atomic E-state index is -0.110. The molecular weight excluding hydrogens is 196 g/mol. The Kier molecular flexibility index (Phi) is 4.00. The standard InChI is InChI=1S/C9H10N4O2/c1-2-15-8-6-4-3-5-7(8)9(12-14)11-13-10/h3-6,14H,2H2,1H3/b12-9-. The number of rotatable bonds is 3. The number of ether oxygens (including phenoxy) is 1. The molecule has 0 atom stereocenters. The Labute approximate surface area is 86.4 Å². The molecule has 1 aromatic carbocycles. The fourth-order valence-corrected chi connectivity index (χ4v) is 1.10. The van der Waals surface area contributed by atoms with Crippen molar-refractivity contribution in [2.75, 3.05) is 6.61 Å². The third kappa shape index (κ3) is 2.62. The first-order valence-corrected chi connectivity index (χ1v) is 4.32. The number of azide groups is 1. The Morgan fingerprint density at radius 2 is 2.27 bits per heavy atom. The lowest BCUT2D eigenvalue weighted by atomic mass is 10.2. The number of oxime groups is 1. The molecule has 15 heavy (non-hydrogen) atoms. The molecular formula is C9H10N4O2. The third-order valence-corrected chi connectivity index (χ3v) is 1.66. The van der Waals surface area contributed by atoms with Crippen LogP contribution in [0.2, 0.25) is 0 Å². The van der Waals surface area contributed by atoms with Gasteiger partial charge in [0, 0.05) is 10.5 Å². The molecule has 0 aromatic heterocycles. The van der Waals surface area contributed by atoms with Gasteiger partial charge in [-0.3, -0.25) is 0 Å². The highest BCUT2D eigenvalue weighted by Gasteiger charge is 2.08. The van der Waals surface area contributed by atoms with Gasteiger partial charge in [-0.05, 0) is 29.7 Å². The van der Waals surface area contributed by atoms with Gasteiger partial charge in [0.1, 0.15) is 5.75 Å². The van der Waals surface area contributed by atoms with Crippen molar-refractivity contribution in [2.45, 2.75) is 6.92 Å². The number of benzene rings is 1. The maximum atomic E-state index is 8.67. The van der Waals surface area contributed by atoms with Crippen LogP contribution >= 0.6 is 0 Å². The molecule has 1 aromatic rings.